The van der Waals surface area contributed by atoms with E-state index >= 15 is 0 Å². The Balaban J connectivity index is 1.78. The van der Waals surface area contributed by atoms with Crippen LogP contribution >= 0.6 is 0 Å². The van der Waals surface area contributed by atoms with E-state index in [9.17, 15) is 23.9 Å². The molecule has 2 heterocycles. The molecule has 0 aliphatic carbocycles. The van der Waals surface area contributed by atoms with Gasteiger partial charge in [-0.1, -0.05) is 0 Å². The first-order chi connectivity index (χ1) is 11.4. The Labute approximate surface area is 138 Å². The number of rotatable bonds is 2. The molecule has 2 saturated heterocycles. The zero-order valence-electron chi connectivity index (χ0n) is 13.2. The minimum Gasteiger partial charge on any atom is -0.394 e. The van der Waals surface area contributed by atoms with Crippen molar-refractivity contribution in [3.05, 3.63) is 35.6 Å². The second-order valence-corrected chi connectivity index (χ2v) is 5.95. The average Bonchev–Trinajstić information content (AvgIpc) is 2.60. The predicted octanol–water partition coefficient (Wildman–Crippen LogP) is -0.688. The van der Waals surface area contributed by atoms with Crippen molar-refractivity contribution in [2.75, 3.05) is 33.3 Å². The van der Waals surface area contributed by atoms with Crippen LogP contribution in [0.15, 0.2) is 24.3 Å². The fourth-order valence-corrected chi connectivity index (χ4v) is 3.16. The van der Waals surface area contributed by atoms with Gasteiger partial charge in [-0.15, -0.1) is 0 Å². The molecule has 128 valence electrons. The Bertz CT molecular complexity index is 678. The van der Waals surface area contributed by atoms with Crippen molar-refractivity contribution in [1.82, 2.24) is 14.7 Å². The molecule has 7 nitrogen and oxygen atoms in total. The van der Waals surface area contributed by atoms with Gasteiger partial charge in [-0.05, 0) is 24.3 Å². The second-order valence-electron chi connectivity index (χ2n) is 5.95. The molecule has 1 N–H and O–H groups in total. The summed E-state index contributed by atoms with van der Waals surface area (Å²) in [7, 11) is 1.47. The number of amides is 3. The molecule has 0 unspecified atom stereocenters. The maximum atomic E-state index is 13.0. The summed E-state index contributed by atoms with van der Waals surface area (Å²) in [5, 5.41) is 9.31. The molecule has 0 radical (unpaired) electrons. The molecular formula is C16H18FN3O4. The lowest BCUT2D eigenvalue weighted by atomic mass is 10.0. The minimum absolute atomic E-state index is 0.0866. The van der Waals surface area contributed by atoms with Gasteiger partial charge < -0.3 is 19.8 Å². The highest BCUT2D eigenvalue weighted by molar-refractivity contribution is 5.99. The smallest absolute Gasteiger partial charge is 0.254 e. The third-order valence-electron chi connectivity index (χ3n) is 4.60. The van der Waals surface area contributed by atoms with Gasteiger partial charge in [0, 0.05) is 25.7 Å². The Morgan fingerprint density at radius 3 is 2.50 bits per heavy atom. The summed E-state index contributed by atoms with van der Waals surface area (Å²) in [5.74, 6) is -1.34. The molecule has 2 aliphatic rings. The number of carbonyl (C=O) groups excluding carboxylic acids is 3. The van der Waals surface area contributed by atoms with E-state index in [1.165, 1.54) is 46.0 Å². The Kier molecular flexibility index (Phi) is 4.23. The van der Waals surface area contributed by atoms with Crippen LogP contribution in [0.1, 0.15) is 10.4 Å². The highest BCUT2D eigenvalue weighted by Gasteiger charge is 2.47. The van der Waals surface area contributed by atoms with Crippen molar-refractivity contribution in [2.45, 2.75) is 12.1 Å². The number of aliphatic hydroxyl groups excluding tert-OH is 1. The molecule has 3 rings (SSSR count). The van der Waals surface area contributed by atoms with Gasteiger partial charge in [-0.3, -0.25) is 14.4 Å². The lowest BCUT2D eigenvalue weighted by Gasteiger charge is -2.47. The molecule has 2 fully saturated rings. The first-order valence-corrected chi connectivity index (χ1v) is 7.67. The normalized spacial score (nSPS) is 24.2. The van der Waals surface area contributed by atoms with Gasteiger partial charge in [0.25, 0.3) is 5.91 Å². The van der Waals surface area contributed by atoms with Crippen molar-refractivity contribution in [1.29, 1.82) is 0 Å². The van der Waals surface area contributed by atoms with Crippen LogP contribution in [0, 0.1) is 5.82 Å². The van der Waals surface area contributed by atoms with Gasteiger partial charge in [0.2, 0.25) is 11.8 Å². The summed E-state index contributed by atoms with van der Waals surface area (Å²) in [4.78, 5) is 41.5. The molecule has 0 bridgehead atoms. The van der Waals surface area contributed by atoms with Gasteiger partial charge >= 0.3 is 0 Å². The summed E-state index contributed by atoms with van der Waals surface area (Å²) >= 11 is 0. The summed E-state index contributed by atoms with van der Waals surface area (Å²) in [6.07, 6.45) is 0. The minimum atomic E-state index is -0.867. The van der Waals surface area contributed by atoms with E-state index in [1.807, 2.05) is 0 Å². The highest BCUT2D eigenvalue weighted by atomic mass is 19.1. The van der Waals surface area contributed by atoms with E-state index in [1.54, 1.807) is 0 Å². The summed E-state index contributed by atoms with van der Waals surface area (Å²) in [5.41, 5.74) is 0.334. The second kappa shape index (κ2) is 6.20. The number of benzene rings is 1. The van der Waals surface area contributed by atoms with Gasteiger partial charge in [0.05, 0.1) is 13.2 Å². The molecule has 1 aromatic rings. The Morgan fingerprint density at radius 2 is 1.88 bits per heavy atom. The number of hydrogen-bond donors (Lipinski definition) is 1. The molecule has 2 atom stereocenters. The van der Waals surface area contributed by atoms with Gasteiger partial charge in [0.15, 0.2) is 0 Å². The van der Waals surface area contributed by atoms with Gasteiger partial charge in [-0.25, -0.2) is 4.39 Å². The number of likely N-dealkylation sites (N-methyl/N-ethyl adjacent to an activating group) is 1. The lowest BCUT2D eigenvalue weighted by Crippen LogP contribution is -2.70. The number of aliphatic hydroxyl groups is 1. The van der Waals surface area contributed by atoms with Crippen LogP contribution in [0.4, 0.5) is 4.39 Å². The van der Waals surface area contributed by atoms with Crippen LogP contribution in [-0.2, 0) is 9.59 Å². The maximum Gasteiger partial charge on any atom is 0.254 e. The molecule has 0 saturated carbocycles. The standard InChI is InChI=1S/C16H18FN3O4/c1-18-13(9-21)16(24)20-7-6-19(8-12(20)15(18)23)14(22)10-2-4-11(17)5-3-10/h2-5,12-13,21H,6-9H2,1H3/t12-,13+/m1/s1. The van der Waals surface area contributed by atoms with Crippen molar-refractivity contribution in [2.24, 2.45) is 0 Å². The van der Waals surface area contributed by atoms with Crippen LogP contribution in [0.25, 0.3) is 0 Å². The van der Waals surface area contributed by atoms with Crippen molar-refractivity contribution < 1.29 is 23.9 Å². The quantitative estimate of drug-likeness (QED) is 0.776. The fourth-order valence-electron chi connectivity index (χ4n) is 3.16. The largest absolute Gasteiger partial charge is 0.394 e. The van der Waals surface area contributed by atoms with Crippen LogP contribution in [-0.4, -0.2) is 82.9 Å². The van der Waals surface area contributed by atoms with E-state index in [2.05, 4.69) is 0 Å². The van der Waals surface area contributed by atoms with E-state index in [4.69, 9.17) is 0 Å². The first kappa shape index (κ1) is 16.4. The molecule has 2 aliphatic heterocycles. The monoisotopic (exact) mass is 335 g/mol. The number of piperazine rings is 2. The average molecular weight is 335 g/mol. The zero-order valence-corrected chi connectivity index (χ0v) is 13.2. The molecule has 0 spiro atoms. The number of nitrogens with zero attached hydrogens (tertiary/aromatic N) is 3. The van der Waals surface area contributed by atoms with Crippen LogP contribution in [0.5, 0.6) is 0 Å². The number of hydrogen-bond acceptors (Lipinski definition) is 4. The van der Waals surface area contributed by atoms with Gasteiger partial charge in [0.1, 0.15) is 17.9 Å². The van der Waals surface area contributed by atoms with Crippen LogP contribution < -0.4 is 0 Å². The Morgan fingerprint density at radius 1 is 1.21 bits per heavy atom. The molecular weight excluding hydrogens is 317 g/mol. The van der Waals surface area contributed by atoms with Crippen LogP contribution in [0.3, 0.4) is 0 Å². The Hall–Kier alpha value is -2.48. The summed E-state index contributed by atoms with van der Waals surface area (Å²) < 4.78 is 13.0. The van der Waals surface area contributed by atoms with E-state index in [0.29, 0.717) is 5.56 Å². The third-order valence-corrected chi connectivity index (χ3v) is 4.60. The fraction of sp³-hybridized carbons (Fsp3) is 0.438. The van der Waals surface area contributed by atoms with Gasteiger partial charge in [-0.2, -0.15) is 0 Å². The first-order valence-electron chi connectivity index (χ1n) is 7.67. The molecule has 0 aromatic heterocycles. The van der Waals surface area contributed by atoms with Crippen molar-refractivity contribution in [3.8, 4) is 0 Å². The van der Waals surface area contributed by atoms with E-state index in [-0.39, 0.29) is 37.4 Å². The van der Waals surface area contributed by atoms with Crippen molar-refractivity contribution >= 4 is 17.7 Å². The third kappa shape index (κ3) is 2.62. The topological polar surface area (TPSA) is 81.2 Å². The summed E-state index contributed by atoms with van der Waals surface area (Å²) in [6, 6.07) is 3.59. The SMILES string of the molecule is CN1C(=O)[C@H]2CN(C(=O)c3ccc(F)cc3)CCN2C(=O)[C@@H]1CO. The lowest BCUT2D eigenvalue weighted by molar-refractivity contribution is -0.164. The molecule has 3 amide bonds. The summed E-state index contributed by atoms with van der Waals surface area (Å²) in [6.45, 7) is 0.173. The zero-order chi connectivity index (χ0) is 17.4. The molecule has 24 heavy (non-hydrogen) atoms. The number of fused-ring (bicyclic) bond motifs is 1. The van der Waals surface area contributed by atoms with Crippen molar-refractivity contribution in [3.63, 3.8) is 0 Å². The maximum absolute atomic E-state index is 13.0. The van der Waals surface area contributed by atoms with Crippen LogP contribution in [0.2, 0.25) is 0 Å². The number of carbonyl (C=O) groups is 3. The number of halogens is 1. The molecule has 8 heteroatoms. The molecule has 1 aromatic carbocycles. The van der Waals surface area contributed by atoms with E-state index < -0.39 is 24.5 Å². The van der Waals surface area contributed by atoms with E-state index in [0.717, 1.165) is 0 Å². The highest BCUT2D eigenvalue weighted by Crippen LogP contribution is 2.22. The predicted molar refractivity (Wildman–Crippen MR) is 81.4 cm³/mol.